The van der Waals surface area contributed by atoms with Gasteiger partial charge in [0.15, 0.2) is 5.75 Å². The lowest BCUT2D eigenvalue weighted by Crippen LogP contribution is -2.45. The van der Waals surface area contributed by atoms with E-state index in [0.29, 0.717) is 12.3 Å². The number of methoxy groups -OCH3 is 1. The molecular weight excluding hydrogens is 206 g/mol. The molecule has 0 aromatic carbocycles. The van der Waals surface area contributed by atoms with Gasteiger partial charge in [0.1, 0.15) is 11.3 Å². The first kappa shape index (κ1) is 11.4. The van der Waals surface area contributed by atoms with Gasteiger partial charge in [-0.1, -0.05) is 0 Å². The van der Waals surface area contributed by atoms with Crippen LogP contribution in [0, 0.1) is 0 Å². The standard InChI is InChI=1S/C11H19N3O2/c1-13-6-4-5-11(15,8-13)10-9(16-3)7-12-14(10)2/h7,15H,4-6,8H2,1-3H3. The number of ether oxygens (including phenoxy) is 1. The van der Waals surface area contributed by atoms with Gasteiger partial charge in [-0.15, -0.1) is 0 Å². The number of piperidine rings is 1. The maximum atomic E-state index is 10.7. The van der Waals surface area contributed by atoms with E-state index in [0.717, 1.165) is 25.1 Å². The molecule has 5 nitrogen and oxygen atoms in total. The number of hydrogen-bond acceptors (Lipinski definition) is 4. The van der Waals surface area contributed by atoms with E-state index in [9.17, 15) is 5.11 Å². The number of aliphatic hydroxyl groups is 1. The van der Waals surface area contributed by atoms with Gasteiger partial charge in [0, 0.05) is 13.6 Å². The van der Waals surface area contributed by atoms with E-state index in [2.05, 4.69) is 10.00 Å². The number of likely N-dealkylation sites (tertiary alicyclic amines) is 1. The van der Waals surface area contributed by atoms with Crippen molar-refractivity contribution < 1.29 is 9.84 Å². The molecular formula is C11H19N3O2. The summed E-state index contributed by atoms with van der Waals surface area (Å²) < 4.78 is 6.96. The van der Waals surface area contributed by atoms with Crippen LogP contribution in [-0.2, 0) is 12.6 Å². The first-order chi connectivity index (χ1) is 7.57. The Balaban J connectivity index is 2.37. The van der Waals surface area contributed by atoms with Crippen molar-refractivity contribution in [2.45, 2.75) is 18.4 Å². The molecule has 1 saturated heterocycles. The minimum Gasteiger partial charge on any atom is -0.493 e. The number of aryl methyl sites for hydroxylation is 1. The predicted octanol–water partition coefficient (Wildman–Crippen LogP) is 0.342. The number of hydrogen-bond donors (Lipinski definition) is 1. The molecule has 1 fully saturated rings. The fourth-order valence-corrected chi connectivity index (χ4v) is 2.54. The van der Waals surface area contributed by atoms with Crippen LogP contribution < -0.4 is 4.74 Å². The second kappa shape index (κ2) is 4.07. The van der Waals surface area contributed by atoms with Gasteiger partial charge in [-0.05, 0) is 26.4 Å². The Morgan fingerprint density at radius 2 is 2.25 bits per heavy atom. The molecule has 5 heteroatoms. The highest BCUT2D eigenvalue weighted by atomic mass is 16.5. The van der Waals surface area contributed by atoms with Crippen LogP contribution in [0.25, 0.3) is 0 Å². The molecule has 0 radical (unpaired) electrons. The van der Waals surface area contributed by atoms with Crippen molar-refractivity contribution in [3.8, 4) is 5.75 Å². The number of nitrogens with zero attached hydrogens (tertiary/aromatic N) is 3. The van der Waals surface area contributed by atoms with Crippen molar-refractivity contribution in [3.05, 3.63) is 11.9 Å². The van der Waals surface area contributed by atoms with E-state index in [-0.39, 0.29) is 0 Å². The molecule has 1 unspecified atom stereocenters. The number of aromatic nitrogens is 2. The zero-order valence-corrected chi connectivity index (χ0v) is 10.1. The third kappa shape index (κ3) is 1.81. The van der Waals surface area contributed by atoms with Crippen molar-refractivity contribution in [3.63, 3.8) is 0 Å². The smallest absolute Gasteiger partial charge is 0.162 e. The SMILES string of the molecule is COc1cnn(C)c1C1(O)CCCN(C)C1. The highest BCUT2D eigenvalue weighted by molar-refractivity contribution is 5.31. The van der Waals surface area contributed by atoms with Crippen LogP contribution in [0.15, 0.2) is 6.20 Å². The summed E-state index contributed by atoms with van der Waals surface area (Å²) in [6.45, 7) is 1.66. The molecule has 2 heterocycles. The van der Waals surface area contributed by atoms with E-state index in [4.69, 9.17) is 4.74 Å². The Bertz CT molecular complexity index is 377. The summed E-state index contributed by atoms with van der Waals surface area (Å²) in [5.74, 6) is 0.667. The summed E-state index contributed by atoms with van der Waals surface area (Å²) in [5.41, 5.74) is -0.0644. The summed E-state index contributed by atoms with van der Waals surface area (Å²) in [5, 5.41) is 14.9. The van der Waals surface area contributed by atoms with Gasteiger partial charge in [-0.2, -0.15) is 5.10 Å². The average molecular weight is 225 g/mol. The van der Waals surface area contributed by atoms with Gasteiger partial charge in [-0.25, -0.2) is 0 Å². The molecule has 0 saturated carbocycles. The zero-order chi connectivity index (χ0) is 11.8. The van der Waals surface area contributed by atoms with Gasteiger partial charge >= 0.3 is 0 Å². The van der Waals surface area contributed by atoms with E-state index in [1.807, 2.05) is 14.1 Å². The number of rotatable bonds is 2. The second-order valence-electron chi connectivity index (χ2n) is 4.56. The molecule has 90 valence electrons. The Morgan fingerprint density at radius 1 is 1.50 bits per heavy atom. The topological polar surface area (TPSA) is 50.5 Å². The van der Waals surface area contributed by atoms with E-state index in [1.165, 1.54) is 0 Å². The Kier molecular flexibility index (Phi) is 2.90. The minimum absolute atomic E-state index is 0.628. The monoisotopic (exact) mass is 225 g/mol. The highest BCUT2D eigenvalue weighted by Crippen LogP contribution is 2.35. The van der Waals surface area contributed by atoms with E-state index in [1.54, 1.807) is 18.0 Å². The van der Waals surface area contributed by atoms with E-state index >= 15 is 0 Å². The number of β-amino-alcohol motifs (C(OH)–C–C–N with tert-alkyl or cyclic N) is 1. The van der Waals surface area contributed by atoms with Crippen LogP contribution in [0.3, 0.4) is 0 Å². The molecule has 1 atom stereocenters. The van der Waals surface area contributed by atoms with Crippen LogP contribution in [0.1, 0.15) is 18.5 Å². The third-order valence-corrected chi connectivity index (χ3v) is 3.23. The molecule has 0 amide bonds. The summed E-state index contributed by atoms with van der Waals surface area (Å²) in [6, 6.07) is 0. The molecule has 2 rings (SSSR count). The molecule has 1 aliphatic rings. The summed E-state index contributed by atoms with van der Waals surface area (Å²) in [7, 11) is 5.47. The van der Waals surface area contributed by atoms with Gasteiger partial charge in [0.25, 0.3) is 0 Å². The Hall–Kier alpha value is -1.07. The van der Waals surface area contributed by atoms with Gasteiger partial charge in [0.2, 0.25) is 0 Å². The van der Waals surface area contributed by atoms with Gasteiger partial charge in [-0.3, -0.25) is 4.68 Å². The van der Waals surface area contributed by atoms with Gasteiger partial charge in [0.05, 0.1) is 13.3 Å². The van der Waals surface area contributed by atoms with Crippen molar-refractivity contribution in [1.29, 1.82) is 0 Å². The number of likely N-dealkylation sites (N-methyl/N-ethyl adjacent to an activating group) is 1. The highest BCUT2D eigenvalue weighted by Gasteiger charge is 2.38. The summed E-state index contributed by atoms with van der Waals surface area (Å²) >= 11 is 0. The molecule has 0 spiro atoms. The largest absolute Gasteiger partial charge is 0.493 e. The fourth-order valence-electron chi connectivity index (χ4n) is 2.54. The lowest BCUT2D eigenvalue weighted by Gasteiger charge is -2.37. The summed E-state index contributed by atoms with van der Waals surface area (Å²) in [4.78, 5) is 2.13. The Labute approximate surface area is 95.6 Å². The average Bonchev–Trinajstić information content (AvgIpc) is 2.59. The first-order valence-corrected chi connectivity index (χ1v) is 5.54. The van der Waals surface area contributed by atoms with E-state index < -0.39 is 5.60 Å². The van der Waals surface area contributed by atoms with Crippen molar-refractivity contribution in [2.24, 2.45) is 7.05 Å². The maximum Gasteiger partial charge on any atom is 0.162 e. The van der Waals surface area contributed by atoms with Crippen molar-refractivity contribution >= 4 is 0 Å². The maximum absolute atomic E-state index is 10.7. The van der Waals surface area contributed by atoms with Gasteiger partial charge < -0.3 is 14.7 Å². The normalized spacial score (nSPS) is 27.0. The van der Waals surface area contributed by atoms with Crippen molar-refractivity contribution in [2.75, 3.05) is 27.2 Å². The molecule has 1 N–H and O–H groups in total. The Morgan fingerprint density at radius 3 is 2.88 bits per heavy atom. The molecule has 1 aromatic rings. The quantitative estimate of drug-likeness (QED) is 0.788. The molecule has 1 aliphatic heterocycles. The fraction of sp³-hybridized carbons (Fsp3) is 0.727. The first-order valence-electron chi connectivity index (χ1n) is 5.54. The van der Waals surface area contributed by atoms with Crippen LogP contribution >= 0.6 is 0 Å². The van der Waals surface area contributed by atoms with Crippen molar-refractivity contribution in [1.82, 2.24) is 14.7 Å². The third-order valence-electron chi connectivity index (χ3n) is 3.23. The van der Waals surface area contributed by atoms with Crippen LogP contribution in [-0.4, -0.2) is 47.0 Å². The predicted molar refractivity (Wildman–Crippen MR) is 60.4 cm³/mol. The summed E-state index contributed by atoms with van der Waals surface area (Å²) in [6.07, 6.45) is 3.40. The molecule has 16 heavy (non-hydrogen) atoms. The second-order valence-corrected chi connectivity index (χ2v) is 4.56. The van der Waals surface area contributed by atoms with Crippen LogP contribution in [0.4, 0.5) is 0 Å². The lowest BCUT2D eigenvalue weighted by molar-refractivity contribution is -0.0354. The molecule has 1 aromatic heterocycles. The lowest BCUT2D eigenvalue weighted by atomic mass is 9.89. The zero-order valence-electron chi connectivity index (χ0n) is 10.1. The molecule has 0 aliphatic carbocycles. The molecule has 0 bridgehead atoms. The minimum atomic E-state index is -0.844. The van der Waals surface area contributed by atoms with Crippen LogP contribution in [0.5, 0.6) is 5.75 Å². The van der Waals surface area contributed by atoms with Crippen LogP contribution in [0.2, 0.25) is 0 Å².